The van der Waals surface area contributed by atoms with E-state index in [9.17, 15) is 27.9 Å². The first-order chi connectivity index (χ1) is 11.1. The fourth-order valence-corrected chi connectivity index (χ4v) is 2.73. The number of aliphatic hydroxyl groups is 1. The highest BCUT2D eigenvalue weighted by atomic mass is 19.4. The maximum absolute atomic E-state index is 12.7. The molecule has 5 nitrogen and oxygen atoms in total. The van der Waals surface area contributed by atoms with Crippen LogP contribution in [0, 0.1) is 5.92 Å². The summed E-state index contributed by atoms with van der Waals surface area (Å²) in [4.78, 5) is 24.1. The summed E-state index contributed by atoms with van der Waals surface area (Å²) in [5, 5.41) is 9.35. The molecular weight excluding hydrogens is 341 g/mol. The van der Waals surface area contributed by atoms with Crippen LogP contribution >= 0.6 is 0 Å². The Morgan fingerprint density at radius 2 is 1.36 bits per heavy atom. The molecular formula is C17H27F3O5. The van der Waals surface area contributed by atoms with E-state index in [1.165, 1.54) is 0 Å². The Kier molecular flexibility index (Phi) is 6.20. The van der Waals surface area contributed by atoms with E-state index in [1.807, 2.05) is 0 Å². The Bertz CT molecular complexity index is 503. The molecule has 0 heterocycles. The molecule has 0 aromatic heterocycles. The molecule has 8 heteroatoms. The molecule has 1 atom stereocenters. The summed E-state index contributed by atoms with van der Waals surface area (Å²) in [6.07, 6.45) is -0.259. The largest absolute Gasteiger partial charge is 0.456 e. The molecule has 1 fully saturated rings. The van der Waals surface area contributed by atoms with Gasteiger partial charge in [0.1, 0.15) is 5.60 Å². The van der Waals surface area contributed by atoms with E-state index in [1.54, 1.807) is 13.8 Å². The summed E-state index contributed by atoms with van der Waals surface area (Å²) >= 11 is 0. The first-order valence-electron chi connectivity index (χ1n) is 8.37. The minimum atomic E-state index is -5.22. The van der Waals surface area contributed by atoms with Crippen molar-refractivity contribution in [3.63, 3.8) is 0 Å². The second-order valence-corrected chi connectivity index (χ2v) is 7.80. The van der Waals surface area contributed by atoms with E-state index in [0.717, 1.165) is 46.0 Å². The Hall–Kier alpha value is -1.31. The summed E-state index contributed by atoms with van der Waals surface area (Å²) in [5.41, 5.74) is -6.49. The molecule has 0 aromatic carbocycles. The van der Waals surface area contributed by atoms with Gasteiger partial charge in [0.15, 0.2) is 0 Å². The fraction of sp³-hybridized carbons (Fsp3) is 0.882. The highest BCUT2D eigenvalue weighted by Gasteiger charge is 2.58. The zero-order valence-electron chi connectivity index (χ0n) is 15.3. The van der Waals surface area contributed by atoms with Crippen LogP contribution in [0.2, 0.25) is 0 Å². The Balaban J connectivity index is 2.80. The van der Waals surface area contributed by atoms with Gasteiger partial charge in [0.2, 0.25) is 5.60 Å². The lowest BCUT2D eigenvalue weighted by atomic mass is 9.78. The van der Waals surface area contributed by atoms with Crippen LogP contribution in [0.3, 0.4) is 0 Å². The zero-order chi connectivity index (χ0) is 19.7. The van der Waals surface area contributed by atoms with E-state index in [-0.39, 0.29) is 12.8 Å². The first kappa shape index (κ1) is 21.7. The monoisotopic (exact) mass is 368 g/mol. The minimum absolute atomic E-state index is 0.134. The van der Waals surface area contributed by atoms with Crippen LogP contribution in [0.1, 0.15) is 66.7 Å². The van der Waals surface area contributed by atoms with Crippen LogP contribution in [0.25, 0.3) is 0 Å². The summed E-state index contributed by atoms with van der Waals surface area (Å²) in [6.45, 7) is 6.03. The normalized spacial score (nSPS) is 19.9. The molecule has 0 saturated heterocycles. The van der Waals surface area contributed by atoms with Crippen LogP contribution in [-0.2, 0) is 19.1 Å². The zero-order valence-corrected chi connectivity index (χ0v) is 15.3. The lowest BCUT2D eigenvalue weighted by Gasteiger charge is -2.38. The number of esters is 2. The highest BCUT2D eigenvalue weighted by molar-refractivity contribution is 5.86. The first-order valence-corrected chi connectivity index (χ1v) is 8.37. The standard InChI is InChI=1S/C17H27F3O5/c1-14(2,11-9-7-6-8-10-11)24-12(21)15(3,4)25-13(22)16(5,23)17(18,19)20/h11,23H,6-10H2,1-5H3. The van der Waals surface area contributed by atoms with Crippen molar-refractivity contribution in [1.82, 2.24) is 0 Å². The Labute approximate surface area is 145 Å². The van der Waals surface area contributed by atoms with Gasteiger partial charge in [-0.05, 0) is 53.4 Å². The summed E-state index contributed by atoms with van der Waals surface area (Å²) in [6, 6.07) is 0. The third kappa shape index (κ3) is 5.09. The topological polar surface area (TPSA) is 72.8 Å². The number of rotatable bonds is 5. The highest BCUT2D eigenvalue weighted by Crippen LogP contribution is 2.36. The van der Waals surface area contributed by atoms with Crippen molar-refractivity contribution in [3.05, 3.63) is 0 Å². The second-order valence-electron chi connectivity index (χ2n) is 7.80. The molecule has 1 rings (SSSR count). The number of carbonyl (C=O) groups is 2. The summed E-state index contributed by atoms with van der Waals surface area (Å²) in [7, 11) is 0. The molecule has 1 N–H and O–H groups in total. The SMILES string of the molecule is CC(C)(OC(=O)C(C)(O)C(F)(F)F)C(=O)OC(C)(C)C1CCCCC1. The number of alkyl halides is 3. The van der Waals surface area contributed by atoms with Crippen LogP contribution in [0.4, 0.5) is 13.2 Å². The van der Waals surface area contributed by atoms with Gasteiger partial charge in [0.05, 0.1) is 0 Å². The van der Waals surface area contributed by atoms with Crippen molar-refractivity contribution in [2.75, 3.05) is 0 Å². The van der Waals surface area contributed by atoms with Crippen molar-refractivity contribution in [2.24, 2.45) is 5.92 Å². The van der Waals surface area contributed by atoms with Gasteiger partial charge in [-0.15, -0.1) is 0 Å². The van der Waals surface area contributed by atoms with Crippen molar-refractivity contribution in [3.8, 4) is 0 Å². The number of hydrogen-bond donors (Lipinski definition) is 1. The van der Waals surface area contributed by atoms with E-state index < -0.39 is 34.9 Å². The molecule has 0 spiro atoms. The van der Waals surface area contributed by atoms with Gasteiger partial charge in [0, 0.05) is 0 Å². The van der Waals surface area contributed by atoms with Crippen molar-refractivity contribution >= 4 is 11.9 Å². The molecule has 0 aliphatic heterocycles. The molecule has 1 saturated carbocycles. The van der Waals surface area contributed by atoms with Crippen LogP contribution in [0.5, 0.6) is 0 Å². The van der Waals surface area contributed by atoms with Gasteiger partial charge < -0.3 is 14.6 Å². The molecule has 1 aliphatic rings. The van der Waals surface area contributed by atoms with Crippen LogP contribution in [0.15, 0.2) is 0 Å². The minimum Gasteiger partial charge on any atom is -0.456 e. The predicted octanol–water partition coefficient (Wildman–Crippen LogP) is 3.52. The third-order valence-corrected chi connectivity index (χ3v) is 4.73. The van der Waals surface area contributed by atoms with Gasteiger partial charge in [0.25, 0.3) is 5.60 Å². The van der Waals surface area contributed by atoms with Crippen molar-refractivity contribution < 1.29 is 37.3 Å². The average Bonchev–Trinajstić information content (AvgIpc) is 2.46. The fourth-order valence-electron chi connectivity index (χ4n) is 2.73. The maximum atomic E-state index is 12.7. The number of halogens is 3. The lowest BCUT2D eigenvalue weighted by Crippen LogP contribution is -2.54. The summed E-state index contributed by atoms with van der Waals surface area (Å²) < 4.78 is 48.2. The van der Waals surface area contributed by atoms with Crippen LogP contribution < -0.4 is 0 Å². The summed E-state index contributed by atoms with van der Waals surface area (Å²) in [5.74, 6) is -2.76. The number of ether oxygens (including phenoxy) is 2. The maximum Gasteiger partial charge on any atom is 0.427 e. The van der Waals surface area contributed by atoms with E-state index in [2.05, 4.69) is 4.74 Å². The van der Waals surface area contributed by atoms with Gasteiger partial charge in [-0.1, -0.05) is 19.3 Å². The molecule has 146 valence electrons. The van der Waals surface area contributed by atoms with Crippen LogP contribution in [-0.4, -0.2) is 40.0 Å². The van der Waals surface area contributed by atoms with Gasteiger partial charge in [-0.3, -0.25) is 0 Å². The molecule has 1 unspecified atom stereocenters. The molecule has 1 aliphatic carbocycles. The second kappa shape index (κ2) is 7.13. The molecule has 25 heavy (non-hydrogen) atoms. The van der Waals surface area contributed by atoms with Gasteiger partial charge in [-0.2, -0.15) is 13.2 Å². The third-order valence-electron chi connectivity index (χ3n) is 4.73. The predicted molar refractivity (Wildman–Crippen MR) is 83.6 cm³/mol. The molecule has 0 aromatic rings. The lowest BCUT2D eigenvalue weighted by molar-refractivity contribution is -0.262. The Morgan fingerprint density at radius 3 is 1.80 bits per heavy atom. The smallest absolute Gasteiger partial charge is 0.427 e. The van der Waals surface area contributed by atoms with Gasteiger partial charge in [-0.25, -0.2) is 9.59 Å². The van der Waals surface area contributed by atoms with Crippen molar-refractivity contribution in [1.29, 1.82) is 0 Å². The van der Waals surface area contributed by atoms with E-state index >= 15 is 0 Å². The number of hydrogen-bond acceptors (Lipinski definition) is 5. The number of carbonyl (C=O) groups excluding carboxylic acids is 2. The van der Waals surface area contributed by atoms with Crippen molar-refractivity contribution in [2.45, 2.75) is 89.7 Å². The average molecular weight is 368 g/mol. The van der Waals surface area contributed by atoms with E-state index in [4.69, 9.17) is 4.74 Å². The molecule has 0 radical (unpaired) electrons. The molecule has 0 amide bonds. The Morgan fingerprint density at radius 1 is 0.880 bits per heavy atom. The van der Waals surface area contributed by atoms with Gasteiger partial charge >= 0.3 is 18.1 Å². The quantitative estimate of drug-likeness (QED) is 0.752. The molecule has 0 bridgehead atoms. The van der Waals surface area contributed by atoms with E-state index in [0.29, 0.717) is 0 Å².